The smallest absolute Gasteiger partial charge is 0.256 e. The lowest BCUT2D eigenvalue weighted by molar-refractivity contribution is 0.102. The van der Waals surface area contributed by atoms with Gasteiger partial charge in [0.2, 0.25) is 5.89 Å². The van der Waals surface area contributed by atoms with Gasteiger partial charge in [0.15, 0.2) is 5.76 Å². The lowest BCUT2D eigenvalue weighted by Gasteiger charge is -2.14. The van der Waals surface area contributed by atoms with Crippen LogP contribution in [0.4, 0.5) is 5.69 Å². The molecule has 6 heteroatoms. The molecule has 1 N–H and O–H groups in total. The van der Waals surface area contributed by atoms with E-state index in [-0.39, 0.29) is 5.91 Å². The van der Waals surface area contributed by atoms with Crippen LogP contribution in [0.3, 0.4) is 0 Å². The predicted octanol–water partition coefficient (Wildman–Crippen LogP) is 6.15. The number of nitrogens with one attached hydrogen (secondary N) is 1. The van der Waals surface area contributed by atoms with E-state index in [2.05, 4.69) is 17.2 Å². The van der Waals surface area contributed by atoms with Crippen LogP contribution >= 0.6 is 0 Å². The average molecular weight is 443 g/mol. The van der Waals surface area contributed by atoms with Gasteiger partial charge in [-0.3, -0.25) is 4.79 Å². The molecule has 0 aliphatic heterocycles. The lowest BCUT2D eigenvalue weighted by Crippen LogP contribution is -2.15. The first-order valence-electron chi connectivity index (χ1n) is 10.7. The van der Waals surface area contributed by atoms with Gasteiger partial charge in [-0.2, -0.15) is 0 Å². The fraction of sp³-hybridized carbons (Fsp3) is 0.185. The largest absolute Gasteiger partial charge is 0.497 e. The first kappa shape index (κ1) is 22.1. The van der Waals surface area contributed by atoms with Gasteiger partial charge < -0.3 is 19.2 Å². The molecule has 1 aromatic heterocycles. The van der Waals surface area contributed by atoms with Gasteiger partial charge in [0.1, 0.15) is 11.5 Å². The van der Waals surface area contributed by atoms with E-state index in [1.165, 1.54) is 0 Å². The van der Waals surface area contributed by atoms with Crippen molar-refractivity contribution in [1.82, 2.24) is 4.98 Å². The monoisotopic (exact) mass is 442 g/mol. The molecule has 0 fully saturated rings. The molecular weight excluding hydrogens is 416 g/mol. The molecule has 0 spiro atoms. The number of oxazole rings is 1. The molecule has 0 bridgehead atoms. The topological polar surface area (TPSA) is 73.6 Å². The van der Waals surface area contributed by atoms with Crippen molar-refractivity contribution in [3.8, 4) is 34.3 Å². The normalized spacial score (nSPS) is 10.7. The van der Waals surface area contributed by atoms with Crippen LogP contribution in [-0.2, 0) is 6.42 Å². The highest BCUT2D eigenvalue weighted by molar-refractivity contribution is 6.08. The molecule has 4 rings (SSSR count). The highest BCUT2D eigenvalue weighted by atomic mass is 16.5. The SMILES string of the molecule is CCc1cccc(C)c1NC(=O)c1ccccc1-c1ncc(-c2ccc(OC)cc2OC)o1. The zero-order valence-corrected chi connectivity index (χ0v) is 19.1. The van der Waals surface area contributed by atoms with Crippen molar-refractivity contribution < 1.29 is 18.7 Å². The Hall–Kier alpha value is -4.06. The van der Waals surface area contributed by atoms with E-state index < -0.39 is 0 Å². The number of methoxy groups -OCH3 is 2. The number of ether oxygens (including phenoxy) is 2. The number of anilines is 1. The molecule has 0 aliphatic rings. The summed E-state index contributed by atoms with van der Waals surface area (Å²) in [6, 6.07) is 18.8. The number of carbonyl (C=O) groups excluding carboxylic acids is 1. The molecular formula is C27H26N2O4. The number of amides is 1. The third kappa shape index (κ3) is 4.46. The fourth-order valence-electron chi connectivity index (χ4n) is 3.78. The van der Waals surface area contributed by atoms with Gasteiger partial charge in [0.05, 0.1) is 31.5 Å². The van der Waals surface area contributed by atoms with E-state index in [1.807, 2.05) is 55.5 Å². The second kappa shape index (κ2) is 9.61. The molecule has 0 saturated heterocycles. The van der Waals surface area contributed by atoms with E-state index in [4.69, 9.17) is 13.9 Å². The maximum absolute atomic E-state index is 13.3. The molecule has 1 heterocycles. The van der Waals surface area contributed by atoms with Crippen LogP contribution in [0, 0.1) is 6.92 Å². The molecule has 0 unspecified atom stereocenters. The van der Waals surface area contributed by atoms with E-state index in [0.29, 0.717) is 34.3 Å². The Bertz CT molecular complexity index is 1290. The Balaban J connectivity index is 1.68. The Kier molecular flexibility index (Phi) is 6.45. The Morgan fingerprint density at radius 2 is 1.82 bits per heavy atom. The van der Waals surface area contributed by atoms with Crippen molar-refractivity contribution in [2.24, 2.45) is 0 Å². The third-order valence-electron chi connectivity index (χ3n) is 5.56. The van der Waals surface area contributed by atoms with E-state index in [9.17, 15) is 4.79 Å². The molecule has 3 aromatic carbocycles. The van der Waals surface area contributed by atoms with Gasteiger partial charge in [-0.15, -0.1) is 0 Å². The van der Waals surface area contributed by atoms with Crippen LogP contribution in [0.25, 0.3) is 22.8 Å². The highest BCUT2D eigenvalue weighted by Gasteiger charge is 2.19. The molecule has 33 heavy (non-hydrogen) atoms. The minimum Gasteiger partial charge on any atom is -0.497 e. The van der Waals surface area contributed by atoms with Crippen LogP contribution in [0.2, 0.25) is 0 Å². The Labute approximate surface area is 193 Å². The van der Waals surface area contributed by atoms with Gasteiger partial charge >= 0.3 is 0 Å². The summed E-state index contributed by atoms with van der Waals surface area (Å²) in [5, 5.41) is 3.08. The molecule has 0 saturated carbocycles. The number of aryl methyl sites for hydroxylation is 2. The third-order valence-corrected chi connectivity index (χ3v) is 5.56. The van der Waals surface area contributed by atoms with Crippen molar-refractivity contribution >= 4 is 11.6 Å². The van der Waals surface area contributed by atoms with Crippen molar-refractivity contribution in [2.75, 3.05) is 19.5 Å². The number of benzene rings is 3. The van der Waals surface area contributed by atoms with Gasteiger partial charge in [-0.1, -0.05) is 37.3 Å². The van der Waals surface area contributed by atoms with Crippen LogP contribution < -0.4 is 14.8 Å². The van der Waals surface area contributed by atoms with E-state index in [1.54, 1.807) is 32.5 Å². The van der Waals surface area contributed by atoms with Crippen molar-refractivity contribution in [3.63, 3.8) is 0 Å². The average Bonchev–Trinajstić information content (AvgIpc) is 3.34. The molecule has 0 atom stereocenters. The molecule has 168 valence electrons. The van der Waals surface area contributed by atoms with Crippen molar-refractivity contribution in [3.05, 3.63) is 83.6 Å². The van der Waals surface area contributed by atoms with E-state index in [0.717, 1.165) is 28.8 Å². The van der Waals surface area contributed by atoms with Crippen LogP contribution in [0.15, 0.2) is 71.3 Å². The number of hydrogen-bond donors (Lipinski definition) is 1. The van der Waals surface area contributed by atoms with Gasteiger partial charge in [-0.25, -0.2) is 4.98 Å². The van der Waals surface area contributed by atoms with Crippen LogP contribution in [0.1, 0.15) is 28.4 Å². The first-order chi connectivity index (χ1) is 16.0. The summed E-state index contributed by atoms with van der Waals surface area (Å²) in [6.07, 6.45) is 2.45. The molecule has 0 aliphatic carbocycles. The first-order valence-corrected chi connectivity index (χ1v) is 10.7. The minimum absolute atomic E-state index is 0.212. The number of aromatic nitrogens is 1. The number of hydrogen-bond acceptors (Lipinski definition) is 5. The molecule has 1 amide bonds. The van der Waals surface area contributed by atoms with Gasteiger partial charge in [-0.05, 0) is 48.7 Å². The Morgan fingerprint density at radius 3 is 2.58 bits per heavy atom. The fourth-order valence-corrected chi connectivity index (χ4v) is 3.78. The predicted molar refractivity (Wildman–Crippen MR) is 129 cm³/mol. The standard InChI is InChI=1S/C27H26N2O4/c1-5-18-10-8-9-17(2)25(18)29-26(30)20-11-6-7-12-21(20)27-28-16-24(33-27)22-14-13-19(31-3)15-23(22)32-4/h6-16H,5H2,1-4H3,(H,29,30). The number of nitrogens with zero attached hydrogens (tertiary/aromatic N) is 1. The zero-order valence-electron chi connectivity index (χ0n) is 19.1. The zero-order chi connectivity index (χ0) is 23.4. The van der Waals surface area contributed by atoms with Crippen molar-refractivity contribution in [1.29, 1.82) is 0 Å². The summed E-state index contributed by atoms with van der Waals surface area (Å²) >= 11 is 0. The molecule has 0 radical (unpaired) electrons. The van der Waals surface area contributed by atoms with Gasteiger partial charge in [0, 0.05) is 17.3 Å². The molecule has 6 nitrogen and oxygen atoms in total. The minimum atomic E-state index is -0.212. The highest BCUT2D eigenvalue weighted by Crippen LogP contribution is 2.36. The maximum Gasteiger partial charge on any atom is 0.256 e. The quantitative estimate of drug-likeness (QED) is 0.372. The number of rotatable bonds is 7. The summed E-state index contributed by atoms with van der Waals surface area (Å²) in [5.41, 5.74) is 4.79. The summed E-state index contributed by atoms with van der Waals surface area (Å²) in [7, 11) is 3.19. The second-order valence-electron chi connectivity index (χ2n) is 7.56. The van der Waals surface area contributed by atoms with Crippen LogP contribution in [0.5, 0.6) is 11.5 Å². The van der Waals surface area contributed by atoms with Crippen molar-refractivity contribution in [2.45, 2.75) is 20.3 Å². The summed E-state index contributed by atoms with van der Waals surface area (Å²) in [6.45, 7) is 4.06. The van der Waals surface area contributed by atoms with E-state index >= 15 is 0 Å². The summed E-state index contributed by atoms with van der Waals surface area (Å²) in [4.78, 5) is 17.7. The van der Waals surface area contributed by atoms with Gasteiger partial charge in [0.25, 0.3) is 5.91 Å². The number of para-hydroxylation sites is 1. The summed E-state index contributed by atoms with van der Waals surface area (Å²) < 4.78 is 16.8. The Morgan fingerprint density at radius 1 is 1.00 bits per heavy atom. The number of carbonyl (C=O) groups is 1. The second-order valence-corrected chi connectivity index (χ2v) is 7.56. The van der Waals surface area contributed by atoms with Crippen LogP contribution in [-0.4, -0.2) is 25.1 Å². The summed E-state index contributed by atoms with van der Waals surface area (Å²) in [5.74, 6) is 1.96. The molecule has 4 aromatic rings. The maximum atomic E-state index is 13.3. The lowest BCUT2D eigenvalue weighted by atomic mass is 10.0.